The van der Waals surface area contributed by atoms with Crippen LogP contribution in [0, 0.1) is 0 Å². The zero-order valence-corrected chi connectivity index (χ0v) is 5.05. The van der Waals surface area contributed by atoms with Crippen LogP contribution in [-0.2, 0) is 4.84 Å². The van der Waals surface area contributed by atoms with Gasteiger partial charge in [-0.1, -0.05) is 18.8 Å². The summed E-state index contributed by atoms with van der Waals surface area (Å²) in [5, 5.41) is 3.07. The van der Waals surface area contributed by atoms with Crippen LogP contribution >= 0.6 is 0 Å². The molecule has 0 aromatic carbocycles. The van der Waals surface area contributed by atoms with E-state index in [1.807, 2.05) is 0 Å². The van der Waals surface area contributed by atoms with Gasteiger partial charge in [-0.15, -0.1) is 0 Å². The minimum absolute atomic E-state index is 0.194. The Morgan fingerprint density at radius 2 is 2.75 bits per heavy atom. The summed E-state index contributed by atoms with van der Waals surface area (Å²) >= 11 is 0. The van der Waals surface area contributed by atoms with Crippen molar-refractivity contribution >= 4 is 0 Å². The van der Waals surface area contributed by atoms with Crippen molar-refractivity contribution in [3.05, 3.63) is 0 Å². The van der Waals surface area contributed by atoms with E-state index in [2.05, 4.69) is 17.7 Å². The molecule has 1 aliphatic heterocycles. The highest BCUT2D eigenvalue weighted by atomic mass is 16.7. The summed E-state index contributed by atoms with van der Waals surface area (Å²) < 4.78 is 0. The molecule has 1 unspecified atom stereocenters. The molecule has 1 heterocycles. The summed E-state index contributed by atoms with van der Waals surface area (Å²) in [6, 6.07) is 0. The quantitative estimate of drug-likeness (QED) is 0.558. The first-order chi connectivity index (χ1) is 3.93. The minimum Gasteiger partial charge on any atom is -0.274 e. The molecule has 1 N–H and O–H groups in total. The standard InChI is InChI=1S/C5H11N2O/c1-2-3-5-6-4-7-8-5/h5-6H,2-4H2,1H3. The van der Waals surface area contributed by atoms with Gasteiger partial charge in [-0.2, -0.15) is 0 Å². The number of hydrogen-bond donors (Lipinski definition) is 1. The van der Waals surface area contributed by atoms with Crippen molar-refractivity contribution in [1.82, 2.24) is 10.8 Å². The van der Waals surface area contributed by atoms with E-state index in [-0.39, 0.29) is 6.23 Å². The molecule has 1 rings (SSSR count). The molecule has 8 heavy (non-hydrogen) atoms. The van der Waals surface area contributed by atoms with Crippen LogP contribution in [0.1, 0.15) is 19.8 Å². The van der Waals surface area contributed by atoms with Gasteiger partial charge < -0.3 is 0 Å². The lowest BCUT2D eigenvalue weighted by atomic mass is 10.3. The van der Waals surface area contributed by atoms with Gasteiger partial charge in [0.1, 0.15) is 6.23 Å². The zero-order chi connectivity index (χ0) is 5.82. The molecule has 0 saturated carbocycles. The topological polar surface area (TPSA) is 35.4 Å². The molecule has 0 aromatic rings. The molecule has 0 spiro atoms. The van der Waals surface area contributed by atoms with Crippen molar-refractivity contribution < 1.29 is 4.84 Å². The Morgan fingerprint density at radius 1 is 1.88 bits per heavy atom. The molecule has 1 atom stereocenters. The molecule has 0 bridgehead atoms. The number of nitrogens with one attached hydrogen (secondary N) is 1. The molecule has 1 fully saturated rings. The van der Waals surface area contributed by atoms with Crippen LogP contribution in [0.3, 0.4) is 0 Å². The molecule has 1 radical (unpaired) electrons. The number of rotatable bonds is 2. The molecule has 3 heteroatoms. The number of hydroxylamine groups is 1. The van der Waals surface area contributed by atoms with Gasteiger partial charge in [0, 0.05) is 0 Å². The average Bonchev–Trinajstić information content (AvgIpc) is 2.19. The van der Waals surface area contributed by atoms with Crippen molar-refractivity contribution in [1.29, 1.82) is 0 Å². The van der Waals surface area contributed by atoms with E-state index in [1.165, 1.54) is 0 Å². The van der Waals surface area contributed by atoms with E-state index in [9.17, 15) is 0 Å². The number of nitrogens with zero attached hydrogens (tertiary/aromatic N) is 1. The van der Waals surface area contributed by atoms with Crippen molar-refractivity contribution in [2.75, 3.05) is 6.67 Å². The molecule has 0 aromatic heterocycles. The summed E-state index contributed by atoms with van der Waals surface area (Å²) in [5.74, 6) is 0. The van der Waals surface area contributed by atoms with Gasteiger partial charge in [0.2, 0.25) is 0 Å². The third-order valence-electron chi connectivity index (χ3n) is 1.14. The monoisotopic (exact) mass is 115 g/mol. The Hall–Kier alpha value is -0.120. The van der Waals surface area contributed by atoms with Crippen molar-refractivity contribution in [3.63, 3.8) is 0 Å². The van der Waals surface area contributed by atoms with E-state index < -0.39 is 0 Å². The van der Waals surface area contributed by atoms with E-state index in [0.717, 1.165) is 12.8 Å². The molecule has 3 nitrogen and oxygen atoms in total. The van der Waals surface area contributed by atoms with Gasteiger partial charge in [-0.05, 0) is 6.42 Å². The fourth-order valence-corrected chi connectivity index (χ4v) is 0.721. The molecular formula is C5H11N2O. The van der Waals surface area contributed by atoms with Crippen LogP contribution in [0.2, 0.25) is 0 Å². The lowest BCUT2D eigenvalue weighted by Gasteiger charge is -2.02. The second-order valence-electron chi connectivity index (χ2n) is 1.87. The predicted octanol–water partition coefficient (Wildman–Crippen LogP) is 0.209. The maximum Gasteiger partial charge on any atom is 0.132 e. The second kappa shape index (κ2) is 3.02. The first-order valence-corrected chi connectivity index (χ1v) is 2.99. The lowest BCUT2D eigenvalue weighted by molar-refractivity contribution is 0.0172. The van der Waals surface area contributed by atoms with E-state index in [0.29, 0.717) is 6.67 Å². The smallest absolute Gasteiger partial charge is 0.132 e. The average molecular weight is 115 g/mol. The van der Waals surface area contributed by atoms with Crippen LogP contribution < -0.4 is 10.8 Å². The van der Waals surface area contributed by atoms with E-state index in [4.69, 9.17) is 4.84 Å². The van der Waals surface area contributed by atoms with Gasteiger partial charge in [-0.25, -0.2) is 0 Å². The van der Waals surface area contributed by atoms with Gasteiger partial charge >= 0.3 is 0 Å². The molecule has 1 aliphatic rings. The minimum atomic E-state index is 0.194. The van der Waals surface area contributed by atoms with E-state index in [1.54, 1.807) is 0 Å². The molecular weight excluding hydrogens is 104 g/mol. The lowest BCUT2D eigenvalue weighted by Crippen LogP contribution is -2.21. The summed E-state index contributed by atoms with van der Waals surface area (Å²) in [5.41, 5.74) is 3.67. The van der Waals surface area contributed by atoms with Gasteiger partial charge in [0.15, 0.2) is 0 Å². The fourth-order valence-electron chi connectivity index (χ4n) is 0.721. The highest BCUT2D eigenvalue weighted by molar-refractivity contribution is 4.55. The normalized spacial score (nSPS) is 28.9. The summed E-state index contributed by atoms with van der Waals surface area (Å²) in [6.45, 7) is 2.79. The first kappa shape index (κ1) is 6.01. The van der Waals surface area contributed by atoms with Crippen LogP contribution in [0.25, 0.3) is 0 Å². The maximum atomic E-state index is 4.91. The van der Waals surface area contributed by atoms with Crippen LogP contribution in [-0.4, -0.2) is 12.9 Å². The Morgan fingerprint density at radius 3 is 3.25 bits per heavy atom. The molecule has 1 saturated heterocycles. The third-order valence-corrected chi connectivity index (χ3v) is 1.14. The highest BCUT2D eigenvalue weighted by Crippen LogP contribution is 1.99. The number of hydrogen-bond acceptors (Lipinski definition) is 2. The molecule has 0 aliphatic carbocycles. The van der Waals surface area contributed by atoms with Gasteiger partial charge in [0.05, 0.1) is 6.67 Å². The van der Waals surface area contributed by atoms with Crippen molar-refractivity contribution in [2.45, 2.75) is 26.0 Å². The van der Waals surface area contributed by atoms with Crippen molar-refractivity contribution in [3.8, 4) is 0 Å². The Labute approximate surface area is 49.4 Å². The zero-order valence-electron chi connectivity index (χ0n) is 5.05. The summed E-state index contributed by atoms with van der Waals surface area (Å²) in [4.78, 5) is 4.91. The van der Waals surface area contributed by atoms with Crippen LogP contribution in [0.5, 0.6) is 0 Å². The molecule has 47 valence electrons. The SMILES string of the molecule is CCCC1NC[N]O1. The van der Waals surface area contributed by atoms with Crippen LogP contribution in [0.4, 0.5) is 0 Å². The molecule has 0 amide bonds. The van der Waals surface area contributed by atoms with E-state index >= 15 is 0 Å². The van der Waals surface area contributed by atoms with Crippen LogP contribution in [0.15, 0.2) is 0 Å². The van der Waals surface area contributed by atoms with Gasteiger partial charge in [0.25, 0.3) is 0 Å². The van der Waals surface area contributed by atoms with Gasteiger partial charge in [-0.3, -0.25) is 10.2 Å². The first-order valence-electron chi connectivity index (χ1n) is 2.99. The largest absolute Gasteiger partial charge is 0.274 e. The summed E-state index contributed by atoms with van der Waals surface area (Å²) in [7, 11) is 0. The third kappa shape index (κ3) is 1.43. The predicted molar refractivity (Wildman–Crippen MR) is 29.9 cm³/mol. The summed E-state index contributed by atoms with van der Waals surface area (Å²) in [6.07, 6.45) is 2.40. The Kier molecular flexibility index (Phi) is 2.27. The Balaban J connectivity index is 2.06. The highest BCUT2D eigenvalue weighted by Gasteiger charge is 2.12. The maximum absolute atomic E-state index is 4.91. The second-order valence-corrected chi connectivity index (χ2v) is 1.87. The fraction of sp³-hybridized carbons (Fsp3) is 1.00. The van der Waals surface area contributed by atoms with Crippen molar-refractivity contribution in [2.24, 2.45) is 0 Å². The Bertz CT molecular complexity index is 61.4.